The maximum Gasteiger partial charge on any atom is 0.0692 e. The first-order chi connectivity index (χ1) is 8.76. The number of fused-ring (bicyclic) bond motifs is 1. The number of aliphatic hydroxyl groups excluding tert-OH is 1. The van der Waals surface area contributed by atoms with Gasteiger partial charge >= 0.3 is 0 Å². The Balaban J connectivity index is 1.76. The van der Waals surface area contributed by atoms with E-state index in [1.807, 2.05) is 0 Å². The monoisotopic (exact) mass is 254 g/mol. The van der Waals surface area contributed by atoms with Crippen LogP contribution in [0.5, 0.6) is 0 Å². The maximum atomic E-state index is 10.2. The van der Waals surface area contributed by atoms with E-state index in [1.165, 1.54) is 38.8 Å². The summed E-state index contributed by atoms with van der Waals surface area (Å²) in [6.45, 7) is 7.67. The predicted octanol–water partition coefficient (Wildman–Crippen LogP) is 2.00. The van der Waals surface area contributed by atoms with Gasteiger partial charge in [-0.25, -0.2) is 0 Å². The van der Waals surface area contributed by atoms with Gasteiger partial charge in [-0.2, -0.15) is 0 Å². The number of nitrogens with zero attached hydrogens (tertiary/aromatic N) is 1. The Kier molecular flexibility index (Phi) is 5.46. The minimum atomic E-state index is -0.169. The van der Waals surface area contributed by atoms with Crippen LogP contribution in [-0.2, 0) is 0 Å². The minimum Gasteiger partial charge on any atom is -0.392 e. The molecule has 3 atom stereocenters. The van der Waals surface area contributed by atoms with Gasteiger partial charge < -0.3 is 10.4 Å². The van der Waals surface area contributed by atoms with Gasteiger partial charge in [0.05, 0.1) is 6.10 Å². The predicted molar refractivity (Wildman–Crippen MR) is 75.7 cm³/mol. The lowest BCUT2D eigenvalue weighted by Gasteiger charge is -2.33. The Bertz CT molecular complexity index is 243. The van der Waals surface area contributed by atoms with E-state index >= 15 is 0 Å². The van der Waals surface area contributed by atoms with Gasteiger partial charge in [0.15, 0.2) is 0 Å². The molecule has 0 radical (unpaired) electrons. The lowest BCUT2D eigenvalue weighted by molar-refractivity contribution is 0.0939. The van der Waals surface area contributed by atoms with Crippen LogP contribution in [0, 0.1) is 5.92 Å². The first-order valence-corrected chi connectivity index (χ1v) is 7.91. The third kappa shape index (κ3) is 3.25. The van der Waals surface area contributed by atoms with Crippen LogP contribution in [0.1, 0.15) is 52.4 Å². The Morgan fingerprint density at radius 3 is 2.67 bits per heavy atom. The van der Waals surface area contributed by atoms with Gasteiger partial charge in [0.1, 0.15) is 0 Å². The zero-order valence-electron chi connectivity index (χ0n) is 12.1. The van der Waals surface area contributed by atoms with Gasteiger partial charge in [-0.1, -0.05) is 33.1 Å². The molecule has 3 unspecified atom stereocenters. The highest BCUT2D eigenvalue weighted by molar-refractivity contribution is 4.94. The molecule has 106 valence electrons. The third-order valence-electron chi connectivity index (χ3n) is 5.04. The van der Waals surface area contributed by atoms with Crippen LogP contribution < -0.4 is 5.32 Å². The second-order valence-electron chi connectivity index (χ2n) is 6.05. The first-order valence-electron chi connectivity index (χ1n) is 7.91. The van der Waals surface area contributed by atoms with Crippen LogP contribution in [0.15, 0.2) is 0 Å². The van der Waals surface area contributed by atoms with Crippen LogP contribution in [0.4, 0.5) is 0 Å². The molecular weight excluding hydrogens is 224 g/mol. The lowest BCUT2D eigenvalue weighted by Crippen LogP contribution is -2.47. The van der Waals surface area contributed by atoms with Crippen LogP contribution in [0.25, 0.3) is 0 Å². The van der Waals surface area contributed by atoms with Crippen LogP contribution in [-0.4, -0.2) is 47.8 Å². The molecule has 2 aliphatic heterocycles. The van der Waals surface area contributed by atoms with E-state index in [4.69, 9.17) is 0 Å². The molecule has 2 N–H and O–H groups in total. The van der Waals surface area contributed by atoms with Crippen LogP contribution >= 0.6 is 0 Å². The van der Waals surface area contributed by atoms with Crippen molar-refractivity contribution in [3.05, 3.63) is 0 Å². The number of aliphatic hydroxyl groups is 1. The molecule has 3 heteroatoms. The van der Waals surface area contributed by atoms with E-state index in [2.05, 4.69) is 24.1 Å². The molecule has 0 saturated carbocycles. The molecule has 3 nitrogen and oxygen atoms in total. The normalized spacial score (nSPS) is 30.7. The summed E-state index contributed by atoms with van der Waals surface area (Å²) in [7, 11) is 0. The number of rotatable bonds is 6. The summed E-state index contributed by atoms with van der Waals surface area (Å²) in [5.74, 6) is 0.460. The van der Waals surface area contributed by atoms with Gasteiger partial charge in [0, 0.05) is 25.2 Å². The number of hydrogen-bond acceptors (Lipinski definition) is 3. The first kappa shape index (κ1) is 14.3. The molecule has 18 heavy (non-hydrogen) atoms. The maximum absolute atomic E-state index is 10.2. The van der Waals surface area contributed by atoms with Crippen LogP contribution in [0.2, 0.25) is 0 Å². The number of piperidine rings is 1. The van der Waals surface area contributed by atoms with Crippen molar-refractivity contribution >= 4 is 0 Å². The Labute approximate surface area is 112 Å². The van der Waals surface area contributed by atoms with E-state index in [0.717, 1.165) is 25.4 Å². The fourth-order valence-corrected chi connectivity index (χ4v) is 3.76. The quantitative estimate of drug-likeness (QED) is 0.761. The fraction of sp³-hybridized carbons (Fsp3) is 1.00. The molecule has 2 fully saturated rings. The molecule has 0 aromatic heterocycles. The SMILES string of the molecule is CCC(CC)C(O)CNC1CCN2CCCCC12. The molecular formula is C15H30N2O. The number of hydrogen-bond donors (Lipinski definition) is 2. The van der Waals surface area contributed by atoms with E-state index in [1.54, 1.807) is 0 Å². The zero-order chi connectivity index (χ0) is 13.0. The topological polar surface area (TPSA) is 35.5 Å². The standard InChI is InChI=1S/C15H30N2O/c1-3-12(4-2)15(18)11-16-13-8-10-17-9-6-5-7-14(13)17/h12-16,18H,3-11H2,1-2H3. The molecule has 0 aliphatic carbocycles. The Hall–Kier alpha value is -0.120. The molecule has 0 aromatic rings. The van der Waals surface area contributed by atoms with Crippen molar-refractivity contribution < 1.29 is 5.11 Å². The summed E-state index contributed by atoms with van der Waals surface area (Å²) in [4.78, 5) is 2.64. The van der Waals surface area contributed by atoms with Crippen molar-refractivity contribution in [2.24, 2.45) is 5.92 Å². The molecule has 0 spiro atoms. The highest BCUT2D eigenvalue weighted by Gasteiger charge is 2.35. The van der Waals surface area contributed by atoms with E-state index < -0.39 is 0 Å². The molecule has 0 aromatic carbocycles. The van der Waals surface area contributed by atoms with Gasteiger partial charge in [0.2, 0.25) is 0 Å². The molecule has 2 heterocycles. The van der Waals surface area contributed by atoms with Gasteiger partial charge in [-0.3, -0.25) is 4.90 Å². The zero-order valence-corrected chi connectivity index (χ0v) is 12.1. The van der Waals surface area contributed by atoms with Gasteiger partial charge in [-0.15, -0.1) is 0 Å². The molecule has 2 aliphatic rings. The smallest absolute Gasteiger partial charge is 0.0692 e. The van der Waals surface area contributed by atoms with E-state index in [0.29, 0.717) is 12.0 Å². The van der Waals surface area contributed by atoms with E-state index in [-0.39, 0.29) is 6.10 Å². The second-order valence-corrected chi connectivity index (χ2v) is 6.05. The van der Waals surface area contributed by atoms with Crippen molar-refractivity contribution in [2.75, 3.05) is 19.6 Å². The van der Waals surface area contributed by atoms with Crippen LogP contribution in [0.3, 0.4) is 0 Å². The van der Waals surface area contributed by atoms with Crippen molar-refractivity contribution in [2.45, 2.75) is 70.6 Å². The summed E-state index contributed by atoms with van der Waals surface area (Å²) in [5.41, 5.74) is 0. The van der Waals surface area contributed by atoms with Crippen molar-refractivity contribution in [3.8, 4) is 0 Å². The minimum absolute atomic E-state index is 0.169. The third-order valence-corrected chi connectivity index (χ3v) is 5.04. The molecule has 0 amide bonds. The van der Waals surface area contributed by atoms with Crippen molar-refractivity contribution in [3.63, 3.8) is 0 Å². The highest BCUT2D eigenvalue weighted by Crippen LogP contribution is 2.27. The van der Waals surface area contributed by atoms with Gasteiger partial charge in [-0.05, 0) is 31.7 Å². The summed E-state index contributed by atoms with van der Waals surface area (Å²) >= 11 is 0. The second kappa shape index (κ2) is 6.88. The lowest BCUT2D eigenvalue weighted by atomic mass is 9.95. The Morgan fingerprint density at radius 1 is 1.17 bits per heavy atom. The Morgan fingerprint density at radius 2 is 1.94 bits per heavy atom. The summed E-state index contributed by atoms with van der Waals surface area (Å²) in [5, 5.41) is 13.8. The number of nitrogens with one attached hydrogen (secondary N) is 1. The summed E-state index contributed by atoms with van der Waals surface area (Å²) in [6.07, 6.45) is 7.37. The van der Waals surface area contributed by atoms with Crippen molar-refractivity contribution in [1.29, 1.82) is 0 Å². The summed E-state index contributed by atoms with van der Waals surface area (Å²) in [6, 6.07) is 1.36. The molecule has 0 bridgehead atoms. The fourth-order valence-electron chi connectivity index (χ4n) is 3.76. The molecule has 2 saturated heterocycles. The summed E-state index contributed by atoms with van der Waals surface area (Å²) < 4.78 is 0. The largest absolute Gasteiger partial charge is 0.392 e. The average molecular weight is 254 g/mol. The average Bonchev–Trinajstić information content (AvgIpc) is 2.81. The van der Waals surface area contributed by atoms with Crippen molar-refractivity contribution in [1.82, 2.24) is 10.2 Å². The van der Waals surface area contributed by atoms with Gasteiger partial charge in [0.25, 0.3) is 0 Å². The molecule has 2 rings (SSSR count). The van der Waals surface area contributed by atoms with E-state index in [9.17, 15) is 5.11 Å². The highest BCUT2D eigenvalue weighted by atomic mass is 16.3.